The van der Waals surface area contributed by atoms with E-state index in [9.17, 15) is 13.6 Å². The van der Waals surface area contributed by atoms with Gasteiger partial charge in [-0.15, -0.1) is 0 Å². The third-order valence-electron chi connectivity index (χ3n) is 2.29. The minimum absolute atomic E-state index is 0.0684. The quantitative estimate of drug-likeness (QED) is 0.775. The van der Waals surface area contributed by atoms with Crippen molar-refractivity contribution in [2.45, 2.75) is 26.7 Å². The van der Waals surface area contributed by atoms with E-state index < -0.39 is 18.1 Å². The van der Waals surface area contributed by atoms with Gasteiger partial charge in [0.25, 0.3) is 6.43 Å². The maximum Gasteiger partial charge on any atom is 0.340 e. The second kappa shape index (κ2) is 6.05. The zero-order valence-corrected chi connectivity index (χ0v) is 10.0. The molecule has 0 radical (unpaired) electrons. The standard InChI is InChI=1S/C12H12F2N2O2/c1-3-9-7(6-15)5-8(12(17)18-4-2)10(16-9)11(13)14/h5,11H,3-4H2,1-2H3. The monoisotopic (exact) mass is 254 g/mol. The van der Waals surface area contributed by atoms with Crippen LogP contribution < -0.4 is 0 Å². The Balaban J connectivity index is 3.39. The SMILES string of the molecule is CCOC(=O)c1cc(C#N)c(CC)nc1C(F)F. The summed E-state index contributed by atoms with van der Waals surface area (Å²) in [6.45, 7) is 3.33. The van der Waals surface area contributed by atoms with E-state index in [4.69, 9.17) is 5.26 Å². The predicted octanol–water partition coefficient (Wildman–Crippen LogP) is 2.63. The van der Waals surface area contributed by atoms with Crippen LogP contribution in [0, 0.1) is 11.3 Å². The zero-order valence-electron chi connectivity index (χ0n) is 10.0. The molecule has 18 heavy (non-hydrogen) atoms. The first-order chi connectivity index (χ1) is 8.54. The Bertz CT molecular complexity index is 496. The van der Waals surface area contributed by atoms with E-state index in [0.29, 0.717) is 6.42 Å². The van der Waals surface area contributed by atoms with Crippen molar-refractivity contribution < 1.29 is 18.3 Å². The van der Waals surface area contributed by atoms with Crippen molar-refractivity contribution in [3.8, 4) is 6.07 Å². The highest BCUT2D eigenvalue weighted by molar-refractivity contribution is 5.91. The predicted molar refractivity (Wildman–Crippen MR) is 59.2 cm³/mol. The molecule has 1 aromatic rings. The molecule has 0 atom stereocenters. The topological polar surface area (TPSA) is 63.0 Å². The van der Waals surface area contributed by atoms with Crippen LogP contribution in [0.4, 0.5) is 8.78 Å². The molecule has 0 spiro atoms. The fraction of sp³-hybridized carbons (Fsp3) is 0.417. The maximum absolute atomic E-state index is 12.8. The summed E-state index contributed by atoms with van der Waals surface area (Å²) in [7, 11) is 0. The van der Waals surface area contributed by atoms with E-state index >= 15 is 0 Å². The van der Waals surface area contributed by atoms with Crippen LogP contribution in [0.15, 0.2) is 6.07 Å². The van der Waals surface area contributed by atoms with Crippen LogP contribution in [-0.4, -0.2) is 17.6 Å². The number of nitriles is 1. The van der Waals surface area contributed by atoms with Gasteiger partial charge < -0.3 is 4.74 Å². The van der Waals surface area contributed by atoms with Crippen LogP contribution >= 0.6 is 0 Å². The molecular formula is C12H12F2N2O2. The zero-order chi connectivity index (χ0) is 13.7. The fourth-order valence-electron chi connectivity index (χ4n) is 1.47. The van der Waals surface area contributed by atoms with Gasteiger partial charge in [-0.05, 0) is 19.4 Å². The van der Waals surface area contributed by atoms with E-state index in [0.717, 1.165) is 6.07 Å². The summed E-state index contributed by atoms with van der Waals surface area (Å²) in [6.07, 6.45) is -2.55. The van der Waals surface area contributed by atoms with Gasteiger partial charge in [0.1, 0.15) is 11.8 Å². The number of nitrogens with zero attached hydrogens (tertiary/aromatic N) is 2. The number of ether oxygens (including phenoxy) is 1. The second-order valence-electron chi connectivity index (χ2n) is 3.40. The smallest absolute Gasteiger partial charge is 0.340 e. The molecule has 0 aliphatic heterocycles. The number of pyridine rings is 1. The number of aromatic nitrogens is 1. The molecule has 96 valence electrons. The van der Waals surface area contributed by atoms with Crippen LogP contribution in [0.25, 0.3) is 0 Å². The lowest BCUT2D eigenvalue weighted by Crippen LogP contribution is -2.12. The average Bonchev–Trinajstić information content (AvgIpc) is 2.37. The van der Waals surface area contributed by atoms with E-state index in [1.54, 1.807) is 13.8 Å². The lowest BCUT2D eigenvalue weighted by molar-refractivity contribution is 0.0513. The molecule has 0 saturated heterocycles. The van der Waals surface area contributed by atoms with Gasteiger partial charge in [0.05, 0.1) is 23.4 Å². The largest absolute Gasteiger partial charge is 0.462 e. The number of rotatable bonds is 4. The van der Waals surface area contributed by atoms with Crippen molar-refractivity contribution in [3.05, 3.63) is 28.6 Å². The summed E-state index contributed by atoms with van der Waals surface area (Å²) in [6, 6.07) is 2.95. The third kappa shape index (κ3) is 2.80. The molecule has 0 aliphatic rings. The minimum Gasteiger partial charge on any atom is -0.462 e. The van der Waals surface area contributed by atoms with Gasteiger partial charge in [-0.3, -0.25) is 0 Å². The van der Waals surface area contributed by atoms with Crippen LogP contribution in [0.5, 0.6) is 0 Å². The molecule has 0 bridgehead atoms. The van der Waals surface area contributed by atoms with Crippen molar-refractivity contribution in [3.63, 3.8) is 0 Å². The molecule has 0 aliphatic carbocycles. The highest BCUT2D eigenvalue weighted by Crippen LogP contribution is 2.24. The molecule has 0 N–H and O–H groups in total. The van der Waals surface area contributed by atoms with Crippen molar-refractivity contribution in [2.24, 2.45) is 0 Å². The Morgan fingerprint density at radius 2 is 2.22 bits per heavy atom. The Hall–Kier alpha value is -2.03. The van der Waals surface area contributed by atoms with Gasteiger partial charge in [-0.25, -0.2) is 18.6 Å². The molecule has 0 aromatic carbocycles. The number of hydrogen-bond acceptors (Lipinski definition) is 4. The number of halogens is 2. The fourth-order valence-corrected chi connectivity index (χ4v) is 1.47. The second-order valence-corrected chi connectivity index (χ2v) is 3.40. The lowest BCUT2D eigenvalue weighted by atomic mass is 10.1. The molecule has 0 fully saturated rings. The van der Waals surface area contributed by atoms with Gasteiger partial charge in [0, 0.05) is 0 Å². The molecule has 1 aromatic heterocycles. The van der Waals surface area contributed by atoms with Gasteiger partial charge in [0.2, 0.25) is 0 Å². The number of carbonyl (C=O) groups is 1. The maximum atomic E-state index is 12.8. The van der Waals surface area contributed by atoms with E-state index in [-0.39, 0.29) is 23.4 Å². The molecule has 0 saturated carbocycles. The normalized spacial score (nSPS) is 10.2. The summed E-state index contributed by atoms with van der Waals surface area (Å²) in [4.78, 5) is 15.2. The first kappa shape index (κ1) is 14.0. The van der Waals surface area contributed by atoms with Crippen molar-refractivity contribution in [2.75, 3.05) is 6.61 Å². The Labute approximate surface area is 103 Å². The lowest BCUT2D eigenvalue weighted by Gasteiger charge is -2.10. The molecule has 0 unspecified atom stereocenters. The Morgan fingerprint density at radius 1 is 1.56 bits per heavy atom. The highest BCUT2D eigenvalue weighted by atomic mass is 19.3. The summed E-state index contributed by atoms with van der Waals surface area (Å²) in [5, 5.41) is 8.89. The van der Waals surface area contributed by atoms with Gasteiger partial charge in [0.15, 0.2) is 0 Å². The average molecular weight is 254 g/mol. The molecule has 1 heterocycles. The van der Waals surface area contributed by atoms with Crippen LogP contribution in [0.1, 0.15) is 47.6 Å². The van der Waals surface area contributed by atoms with Gasteiger partial charge in [-0.2, -0.15) is 5.26 Å². The van der Waals surface area contributed by atoms with Crippen LogP contribution in [0.3, 0.4) is 0 Å². The van der Waals surface area contributed by atoms with Gasteiger partial charge in [-0.1, -0.05) is 6.92 Å². The third-order valence-corrected chi connectivity index (χ3v) is 2.29. The van der Waals surface area contributed by atoms with Gasteiger partial charge >= 0.3 is 5.97 Å². The van der Waals surface area contributed by atoms with E-state index in [2.05, 4.69) is 9.72 Å². The summed E-state index contributed by atoms with van der Waals surface area (Å²) in [5.74, 6) is -0.889. The number of aryl methyl sites for hydroxylation is 1. The molecule has 6 heteroatoms. The van der Waals surface area contributed by atoms with E-state index in [1.807, 2.05) is 6.07 Å². The summed E-state index contributed by atoms with van der Waals surface area (Å²) in [5.41, 5.74) is -0.615. The minimum atomic E-state index is -2.89. The first-order valence-corrected chi connectivity index (χ1v) is 5.44. The van der Waals surface area contributed by atoms with Crippen LogP contribution in [-0.2, 0) is 11.2 Å². The Morgan fingerprint density at radius 3 is 2.67 bits per heavy atom. The highest BCUT2D eigenvalue weighted by Gasteiger charge is 2.23. The number of alkyl halides is 2. The summed E-state index contributed by atoms with van der Waals surface area (Å²) < 4.78 is 30.3. The summed E-state index contributed by atoms with van der Waals surface area (Å²) >= 11 is 0. The number of hydrogen-bond donors (Lipinski definition) is 0. The molecular weight excluding hydrogens is 242 g/mol. The number of esters is 1. The van der Waals surface area contributed by atoms with Crippen molar-refractivity contribution >= 4 is 5.97 Å². The molecule has 1 rings (SSSR count). The van der Waals surface area contributed by atoms with Crippen molar-refractivity contribution in [1.29, 1.82) is 5.26 Å². The molecule has 4 nitrogen and oxygen atoms in total. The first-order valence-electron chi connectivity index (χ1n) is 5.44. The van der Waals surface area contributed by atoms with E-state index in [1.165, 1.54) is 0 Å². The van der Waals surface area contributed by atoms with Crippen molar-refractivity contribution in [1.82, 2.24) is 4.98 Å². The number of carbonyl (C=O) groups excluding carboxylic acids is 1. The molecule has 0 amide bonds. The Kier molecular flexibility index (Phi) is 4.72. The van der Waals surface area contributed by atoms with Crippen LogP contribution in [0.2, 0.25) is 0 Å².